The Bertz CT molecular complexity index is 1010. The third-order valence-electron chi connectivity index (χ3n) is 4.63. The minimum Gasteiger partial charge on any atom is -0.493 e. The van der Waals surface area contributed by atoms with E-state index >= 15 is 0 Å². The molecule has 0 heterocycles. The molecule has 2 amide bonds. The topological polar surface area (TPSA) is 85.1 Å². The minimum absolute atomic E-state index is 0.130. The first-order valence-electron chi connectivity index (χ1n) is 10.1. The van der Waals surface area contributed by atoms with E-state index < -0.39 is 5.91 Å². The monoisotopic (exact) mass is 435 g/mol. The number of ether oxygens (including phenoxy) is 2. The van der Waals surface area contributed by atoms with E-state index in [1.807, 2.05) is 19.0 Å². The van der Waals surface area contributed by atoms with E-state index in [2.05, 4.69) is 5.92 Å². The summed E-state index contributed by atoms with van der Waals surface area (Å²) < 4.78 is 10.8. The summed E-state index contributed by atoms with van der Waals surface area (Å²) in [7, 11) is 5.46. The summed E-state index contributed by atoms with van der Waals surface area (Å²) in [6.45, 7) is 1.36. The number of methoxy groups -OCH3 is 1. The maximum absolute atomic E-state index is 13.1. The summed E-state index contributed by atoms with van der Waals surface area (Å²) in [5.41, 5.74) is 7.08. The predicted molar refractivity (Wildman–Crippen MR) is 127 cm³/mol. The number of terminal acetylenes is 1. The van der Waals surface area contributed by atoms with Gasteiger partial charge in [-0.3, -0.25) is 9.59 Å². The molecule has 0 atom stereocenters. The van der Waals surface area contributed by atoms with Crippen molar-refractivity contribution in [3.63, 3.8) is 0 Å². The van der Waals surface area contributed by atoms with Crippen molar-refractivity contribution in [2.75, 3.05) is 45.8 Å². The fraction of sp³-hybridized carbons (Fsp3) is 0.280. The lowest BCUT2D eigenvalue weighted by Crippen LogP contribution is -2.34. The molecule has 0 saturated carbocycles. The highest BCUT2D eigenvalue weighted by Gasteiger charge is 2.19. The molecule has 2 aromatic rings. The lowest BCUT2D eigenvalue weighted by Gasteiger charge is -2.24. The molecule has 0 aliphatic heterocycles. The first kappa shape index (κ1) is 24.5. The van der Waals surface area contributed by atoms with E-state index in [0.717, 1.165) is 18.5 Å². The van der Waals surface area contributed by atoms with Gasteiger partial charge < -0.3 is 25.0 Å². The van der Waals surface area contributed by atoms with Crippen molar-refractivity contribution in [1.82, 2.24) is 4.90 Å². The summed E-state index contributed by atoms with van der Waals surface area (Å²) in [5.74, 6) is 2.60. The Kier molecular flexibility index (Phi) is 9.33. The van der Waals surface area contributed by atoms with Crippen LogP contribution < -0.4 is 20.1 Å². The summed E-state index contributed by atoms with van der Waals surface area (Å²) in [4.78, 5) is 28.6. The molecule has 2 aromatic carbocycles. The molecular weight excluding hydrogens is 406 g/mol. The van der Waals surface area contributed by atoms with Gasteiger partial charge in [0.2, 0.25) is 0 Å². The van der Waals surface area contributed by atoms with Crippen LogP contribution in [0.25, 0.3) is 6.08 Å². The van der Waals surface area contributed by atoms with Gasteiger partial charge in [-0.2, -0.15) is 0 Å². The molecule has 168 valence electrons. The van der Waals surface area contributed by atoms with Crippen molar-refractivity contribution in [3.8, 4) is 23.8 Å². The number of carbonyl (C=O) groups excluding carboxylic acids is 2. The van der Waals surface area contributed by atoms with Gasteiger partial charge in [-0.1, -0.05) is 24.1 Å². The van der Waals surface area contributed by atoms with Crippen LogP contribution in [0.1, 0.15) is 22.3 Å². The molecule has 32 heavy (non-hydrogen) atoms. The zero-order valence-corrected chi connectivity index (χ0v) is 18.7. The van der Waals surface area contributed by atoms with E-state index in [1.54, 1.807) is 53.4 Å². The molecule has 0 bridgehead atoms. The molecule has 0 aromatic heterocycles. The molecule has 0 fully saturated rings. The zero-order chi connectivity index (χ0) is 23.5. The van der Waals surface area contributed by atoms with Gasteiger partial charge in [0.25, 0.3) is 11.8 Å². The molecule has 7 heteroatoms. The maximum atomic E-state index is 13.1. The average molecular weight is 436 g/mol. The number of amides is 2. The van der Waals surface area contributed by atoms with Crippen molar-refractivity contribution in [2.24, 2.45) is 5.73 Å². The Labute approximate surface area is 189 Å². The first-order valence-corrected chi connectivity index (χ1v) is 10.1. The lowest BCUT2D eigenvalue weighted by atomic mass is 10.1. The first-order chi connectivity index (χ1) is 15.4. The second kappa shape index (κ2) is 12.2. The molecule has 0 unspecified atom stereocenters. The van der Waals surface area contributed by atoms with Crippen LogP contribution in [0.5, 0.6) is 11.5 Å². The number of nitrogens with zero attached hydrogens (tertiary/aromatic N) is 2. The van der Waals surface area contributed by atoms with Gasteiger partial charge in [0, 0.05) is 12.6 Å². The van der Waals surface area contributed by atoms with Crippen LogP contribution >= 0.6 is 0 Å². The number of nitrogens with two attached hydrogens (primary N) is 1. The molecule has 0 aliphatic rings. The Morgan fingerprint density at radius 1 is 1.12 bits per heavy atom. The Morgan fingerprint density at radius 2 is 1.88 bits per heavy atom. The summed E-state index contributed by atoms with van der Waals surface area (Å²) in [5, 5.41) is 0. The Morgan fingerprint density at radius 3 is 2.53 bits per heavy atom. The number of anilines is 1. The molecule has 0 aliphatic carbocycles. The Hall–Kier alpha value is -3.76. The smallest absolute Gasteiger partial charge is 0.251 e. The number of para-hydroxylation sites is 1. The normalized spacial score (nSPS) is 10.7. The summed E-state index contributed by atoms with van der Waals surface area (Å²) in [6, 6.07) is 12.1. The standard InChI is InChI=1S/C25H29N3O4/c1-5-17-32-22-13-11-19(18-23(22)31-4)12-14-24(29)28(16-8-15-27(2)3)21-10-7-6-9-20(21)25(26)30/h1,6-7,9-14,18H,8,15-17H2,2-4H3,(H2,26,30)/b14-12+. The van der Waals surface area contributed by atoms with Gasteiger partial charge in [0.05, 0.1) is 18.4 Å². The lowest BCUT2D eigenvalue weighted by molar-refractivity contribution is -0.114. The van der Waals surface area contributed by atoms with Gasteiger partial charge in [-0.15, -0.1) is 6.42 Å². The van der Waals surface area contributed by atoms with Crippen LogP contribution in [0.15, 0.2) is 48.5 Å². The Balaban J connectivity index is 2.29. The number of primary amides is 1. The van der Waals surface area contributed by atoms with Gasteiger partial charge in [-0.05, 0) is 63.0 Å². The number of hydrogen-bond donors (Lipinski definition) is 1. The van der Waals surface area contributed by atoms with Gasteiger partial charge >= 0.3 is 0 Å². The molecular formula is C25H29N3O4. The van der Waals surface area contributed by atoms with E-state index in [0.29, 0.717) is 29.3 Å². The number of carbonyl (C=O) groups is 2. The summed E-state index contributed by atoms with van der Waals surface area (Å²) in [6.07, 6.45) is 9.11. The highest BCUT2D eigenvalue weighted by molar-refractivity contribution is 6.08. The largest absolute Gasteiger partial charge is 0.493 e. The number of rotatable bonds is 11. The fourth-order valence-corrected chi connectivity index (χ4v) is 3.10. The van der Waals surface area contributed by atoms with Crippen LogP contribution in [-0.4, -0.2) is 57.6 Å². The van der Waals surface area contributed by atoms with E-state index in [9.17, 15) is 9.59 Å². The van der Waals surface area contributed by atoms with Crippen molar-refractivity contribution >= 4 is 23.6 Å². The third kappa shape index (κ3) is 6.89. The van der Waals surface area contributed by atoms with E-state index in [1.165, 1.54) is 13.2 Å². The van der Waals surface area contributed by atoms with Crippen LogP contribution in [0, 0.1) is 12.3 Å². The molecule has 2 rings (SSSR count). The fourth-order valence-electron chi connectivity index (χ4n) is 3.10. The van der Waals surface area contributed by atoms with Crippen LogP contribution in [0.3, 0.4) is 0 Å². The number of benzene rings is 2. The predicted octanol–water partition coefficient (Wildman–Crippen LogP) is 2.80. The minimum atomic E-state index is -0.581. The highest BCUT2D eigenvalue weighted by atomic mass is 16.5. The van der Waals surface area contributed by atoms with E-state index in [4.69, 9.17) is 21.6 Å². The maximum Gasteiger partial charge on any atom is 0.251 e. The second-order valence-corrected chi connectivity index (χ2v) is 7.26. The third-order valence-corrected chi connectivity index (χ3v) is 4.63. The molecule has 0 spiro atoms. The van der Waals surface area contributed by atoms with Crippen LogP contribution in [0.2, 0.25) is 0 Å². The SMILES string of the molecule is C#CCOc1ccc(/C=C/C(=O)N(CCCN(C)C)c2ccccc2C(N)=O)cc1OC. The van der Waals surface area contributed by atoms with Gasteiger partial charge in [0.1, 0.15) is 6.61 Å². The van der Waals surface area contributed by atoms with E-state index in [-0.39, 0.29) is 12.5 Å². The van der Waals surface area contributed by atoms with Crippen molar-refractivity contribution in [2.45, 2.75) is 6.42 Å². The second-order valence-electron chi connectivity index (χ2n) is 7.26. The molecule has 7 nitrogen and oxygen atoms in total. The summed E-state index contributed by atoms with van der Waals surface area (Å²) >= 11 is 0. The van der Waals surface area contributed by atoms with Crippen molar-refractivity contribution in [3.05, 3.63) is 59.7 Å². The zero-order valence-electron chi connectivity index (χ0n) is 18.7. The van der Waals surface area contributed by atoms with Gasteiger partial charge in [0.15, 0.2) is 11.5 Å². The molecule has 2 N–H and O–H groups in total. The van der Waals surface area contributed by atoms with Crippen LogP contribution in [-0.2, 0) is 4.79 Å². The quantitative estimate of drug-likeness (QED) is 0.433. The van der Waals surface area contributed by atoms with Crippen molar-refractivity contribution in [1.29, 1.82) is 0 Å². The van der Waals surface area contributed by atoms with Crippen molar-refractivity contribution < 1.29 is 19.1 Å². The average Bonchev–Trinajstić information content (AvgIpc) is 2.78. The van der Waals surface area contributed by atoms with Gasteiger partial charge in [-0.25, -0.2) is 0 Å². The number of hydrogen-bond acceptors (Lipinski definition) is 5. The molecule has 0 radical (unpaired) electrons. The highest BCUT2D eigenvalue weighted by Crippen LogP contribution is 2.28. The van der Waals surface area contributed by atoms with Crippen LogP contribution in [0.4, 0.5) is 5.69 Å². The molecule has 0 saturated heterocycles.